The van der Waals surface area contributed by atoms with Crippen molar-refractivity contribution in [1.29, 1.82) is 0 Å². The van der Waals surface area contributed by atoms with E-state index in [2.05, 4.69) is 16.4 Å². The van der Waals surface area contributed by atoms with E-state index in [9.17, 15) is 9.59 Å². The van der Waals surface area contributed by atoms with Crippen molar-refractivity contribution >= 4 is 35.4 Å². The fraction of sp³-hybridized carbons (Fsp3) is 0.381. The van der Waals surface area contributed by atoms with Gasteiger partial charge in [-0.2, -0.15) is 0 Å². The second-order valence-corrected chi connectivity index (χ2v) is 8.58. The molecule has 4 rings (SSSR count). The smallest absolute Gasteiger partial charge is 0.407 e. The SMILES string of the molecule is CSc1cc(Cl)ccc1-c1ccc(C2CN(C(=O)CCC3COC(=O)N3)C2)cn1. The highest BCUT2D eigenvalue weighted by Gasteiger charge is 2.32. The predicted octanol–water partition coefficient (Wildman–Crippen LogP) is 3.94. The molecule has 0 saturated carbocycles. The molecule has 1 aromatic carbocycles. The number of aromatic nitrogens is 1. The topological polar surface area (TPSA) is 71.5 Å². The Morgan fingerprint density at radius 2 is 2.17 bits per heavy atom. The van der Waals surface area contributed by atoms with Gasteiger partial charge >= 0.3 is 6.09 Å². The third-order valence-corrected chi connectivity index (χ3v) is 6.39. The minimum absolute atomic E-state index is 0.0562. The monoisotopic (exact) mass is 431 g/mol. The van der Waals surface area contributed by atoms with Crippen LogP contribution in [-0.2, 0) is 9.53 Å². The number of pyridine rings is 1. The van der Waals surface area contributed by atoms with Crippen LogP contribution in [0.2, 0.25) is 5.02 Å². The van der Waals surface area contributed by atoms with E-state index in [1.54, 1.807) is 11.8 Å². The van der Waals surface area contributed by atoms with E-state index in [0.29, 0.717) is 38.5 Å². The van der Waals surface area contributed by atoms with Crippen molar-refractivity contribution in [1.82, 2.24) is 15.2 Å². The Morgan fingerprint density at radius 3 is 2.83 bits per heavy atom. The van der Waals surface area contributed by atoms with Crippen molar-refractivity contribution in [3.63, 3.8) is 0 Å². The van der Waals surface area contributed by atoms with Gasteiger partial charge in [-0.15, -0.1) is 11.8 Å². The lowest BCUT2D eigenvalue weighted by Crippen LogP contribution is -2.48. The Labute approximate surface area is 179 Å². The molecule has 29 heavy (non-hydrogen) atoms. The molecule has 0 radical (unpaired) electrons. The standard InChI is InChI=1S/C21H22ClN3O3S/c1-29-19-8-15(22)3-5-17(19)18-6-2-13(9-23-18)14-10-25(11-14)20(26)7-4-16-12-28-21(27)24-16/h2-3,5-6,8-9,14,16H,4,7,10-12H2,1H3,(H,24,27). The molecule has 1 unspecified atom stereocenters. The van der Waals surface area contributed by atoms with Crippen molar-refractivity contribution in [3.8, 4) is 11.3 Å². The third kappa shape index (κ3) is 4.51. The molecule has 0 aliphatic carbocycles. The van der Waals surface area contributed by atoms with Gasteiger partial charge in [0.05, 0.1) is 11.7 Å². The van der Waals surface area contributed by atoms with Crippen LogP contribution in [0.5, 0.6) is 0 Å². The van der Waals surface area contributed by atoms with Gasteiger partial charge in [-0.25, -0.2) is 4.79 Å². The van der Waals surface area contributed by atoms with Gasteiger partial charge in [0.15, 0.2) is 0 Å². The molecule has 2 aromatic rings. The molecule has 2 aliphatic rings. The molecule has 2 aliphatic heterocycles. The lowest BCUT2D eigenvalue weighted by molar-refractivity contribution is -0.135. The molecule has 0 spiro atoms. The molecule has 0 bridgehead atoms. The number of carbonyl (C=O) groups excluding carboxylic acids is 2. The minimum atomic E-state index is -0.398. The predicted molar refractivity (Wildman–Crippen MR) is 113 cm³/mol. The number of nitrogens with zero attached hydrogens (tertiary/aromatic N) is 2. The van der Waals surface area contributed by atoms with Crippen molar-refractivity contribution in [2.45, 2.75) is 29.7 Å². The van der Waals surface area contributed by atoms with Crippen LogP contribution in [0.1, 0.15) is 24.3 Å². The summed E-state index contributed by atoms with van der Waals surface area (Å²) in [5.41, 5.74) is 3.14. The number of likely N-dealkylation sites (tertiary alicyclic amines) is 1. The number of benzene rings is 1. The van der Waals surface area contributed by atoms with Crippen molar-refractivity contribution < 1.29 is 14.3 Å². The van der Waals surface area contributed by atoms with Crippen molar-refractivity contribution in [3.05, 3.63) is 47.1 Å². The summed E-state index contributed by atoms with van der Waals surface area (Å²) in [6.07, 6.45) is 4.57. The van der Waals surface area contributed by atoms with Crippen LogP contribution in [0, 0.1) is 0 Å². The van der Waals surface area contributed by atoms with E-state index in [0.717, 1.165) is 26.7 Å². The number of nitrogens with one attached hydrogen (secondary N) is 1. The summed E-state index contributed by atoms with van der Waals surface area (Å²) in [6, 6.07) is 9.90. The molecular formula is C21H22ClN3O3S. The second-order valence-electron chi connectivity index (χ2n) is 7.30. The number of hydrogen-bond donors (Lipinski definition) is 1. The van der Waals surface area contributed by atoms with E-state index in [4.69, 9.17) is 16.3 Å². The summed E-state index contributed by atoms with van der Waals surface area (Å²) in [7, 11) is 0. The molecule has 2 amide bonds. The first-order valence-electron chi connectivity index (χ1n) is 9.54. The highest BCUT2D eigenvalue weighted by molar-refractivity contribution is 7.98. The maximum Gasteiger partial charge on any atom is 0.407 e. The van der Waals surface area contributed by atoms with Crippen molar-refractivity contribution in [2.75, 3.05) is 26.0 Å². The molecule has 1 N–H and O–H groups in total. The van der Waals surface area contributed by atoms with Gasteiger partial charge in [-0.1, -0.05) is 23.7 Å². The van der Waals surface area contributed by atoms with Gasteiger partial charge in [0, 0.05) is 47.1 Å². The fourth-order valence-corrected chi connectivity index (χ4v) is 4.49. The molecule has 6 nitrogen and oxygen atoms in total. The van der Waals surface area contributed by atoms with E-state index < -0.39 is 6.09 Å². The Bertz CT molecular complexity index is 916. The summed E-state index contributed by atoms with van der Waals surface area (Å²) < 4.78 is 4.85. The van der Waals surface area contributed by atoms with Gasteiger partial charge in [0.1, 0.15) is 6.61 Å². The van der Waals surface area contributed by atoms with Crippen LogP contribution in [-0.4, -0.2) is 53.9 Å². The largest absolute Gasteiger partial charge is 0.447 e. The zero-order valence-electron chi connectivity index (χ0n) is 16.1. The van der Waals surface area contributed by atoms with E-state index in [1.165, 1.54) is 0 Å². The number of hydrogen-bond acceptors (Lipinski definition) is 5. The minimum Gasteiger partial charge on any atom is -0.447 e. The first kappa shape index (κ1) is 20.0. The summed E-state index contributed by atoms with van der Waals surface area (Å²) in [4.78, 5) is 30.9. The lowest BCUT2D eigenvalue weighted by atomic mass is 9.91. The molecule has 1 atom stereocenters. The van der Waals surface area contributed by atoms with Gasteiger partial charge in [-0.3, -0.25) is 9.78 Å². The summed E-state index contributed by atoms with van der Waals surface area (Å²) in [5, 5.41) is 3.42. The van der Waals surface area contributed by atoms with Crippen LogP contribution in [0.4, 0.5) is 4.79 Å². The van der Waals surface area contributed by atoms with Crippen LogP contribution < -0.4 is 5.32 Å². The Hall–Kier alpha value is -2.25. The molecule has 152 valence electrons. The average Bonchev–Trinajstić information content (AvgIpc) is 3.11. The van der Waals surface area contributed by atoms with E-state index in [-0.39, 0.29) is 11.9 Å². The lowest BCUT2D eigenvalue weighted by Gasteiger charge is -2.39. The number of amides is 2. The van der Waals surface area contributed by atoms with Gasteiger partial charge < -0.3 is 15.0 Å². The van der Waals surface area contributed by atoms with E-state index in [1.807, 2.05) is 41.6 Å². The van der Waals surface area contributed by atoms with Crippen molar-refractivity contribution in [2.24, 2.45) is 0 Å². The summed E-state index contributed by atoms with van der Waals surface area (Å²) in [5.74, 6) is 0.443. The van der Waals surface area contributed by atoms with Gasteiger partial charge in [-0.05, 0) is 36.4 Å². The maximum atomic E-state index is 12.3. The Morgan fingerprint density at radius 1 is 1.34 bits per heavy atom. The highest BCUT2D eigenvalue weighted by Crippen LogP contribution is 2.33. The third-order valence-electron chi connectivity index (χ3n) is 5.38. The van der Waals surface area contributed by atoms with Crippen LogP contribution in [0.25, 0.3) is 11.3 Å². The second kappa shape index (κ2) is 8.63. The number of cyclic esters (lactones) is 1. The number of thioether (sulfide) groups is 1. The zero-order chi connectivity index (χ0) is 20.4. The normalized spacial score (nSPS) is 18.9. The number of ether oxygens (including phenoxy) is 1. The number of carbonyl (C=O) groups is 2. The highest BCUT2D eigenvalue weighted by atomic mass is 35.5. The molecule has 8 heteroatoms. The van der Waals surface area contributed by atoms with Crippen LogP contribution in [0.15, 0.2) is 41.4 Å². The number of halogens is 1. The maximum absolute atomic E-state index is 12.3. The molecule has 1 aromatic heterocycles. The molecule has 2 fully saturated rings. The zero-order valence-corrected chi connectivity index (χ0v) is 17.6. The average molecular weight is 432 g/mol. The van der Waals surface area contributed by atoms with Gasteiger partial charge in [0.25, 0.3) is 0 Å². The number of alkyl carbamates (subject to hydrolysis) is 1. The fourth-order valence-electron chi connectivity index (χ4n) is 3.61. The van der Waals surface area contributed by atoms with E-state index >= 15 is 0 Å². The van der Waals surface area contributed by atoms with Gasteiger partial charge in [0.2, 0.25) is 5.91 Å². The molecular weight excluding hydrogens is 410 g/mol. The molecule has 3 heterocycles. The Kier molecular flexibility index (Phi) is 5.96. The first-order chi connectivity index (χ1) is 14.0. The number of rotatable bonds is 6. The van der Waals surface area contributed by atoms with Crippen LogP contribution in [0.3, 0.4) is 0 Å². The quantitative estimate of drug-likeness (QED) is 0.701. The summed E-state index contributed by atoms with van der Waals surface area (Å²) >= 11 is 7.74. The van der Waals surface area contributed by atoms with Crippen LogP contribution >= 0.6 is 23.4 Å². The first-order valence-corrected chi connectivity index (χ1v) is 11.1. The Balaban J connectivity index is 1.31. The molecule has 2 saturated heterocycles. The summed E-state index contributed by atoms with van der Waals surface area (Å²) in [6.45, 7) is 1.77.